The molecule has 160 valence electrons. The first kappa shape index (κ1) is 27.0. The maximum absolute atomic E-state index is 4.02. The van der Waals surface area contributed by atoms with Crippen LogP contribution >= 0.6 is 26.2 Å². The SMILES string of the molecule is Br.CCCCCCCCCCCCCCCCC(P)CCCn1ccnn1. The molecule has 0 aromatic carbocycles. The second-order valence-electron chi connectivity index (χ2n) is 7.95. The predicted octanol–water partition coefficient (Wildman–Crippen LogP) is 7.75. The maximum atomic E-state index is 4.02. The van der Waals surface area contributed by atoms with Gasteiger partial charge in [0.25, 0.3) is 0 Å². The van der Waals surface area contributed by atoms with Crippen molar-refractivity contribution >= 4 is 26.2 Å². The molecule has 1 aromatic rings. The highest BCUT2D eigenvalue weighted by Crippen LogP contribution is 2.18. The van der Waals surface area contributed by atoms with Crippen LogP contribution < -0.4 is 0 Å². The molecule has 1 rings (SSSR count). The molecule has 0 saturated carbocycles. The van der Waals surface area contributed by atoms with Crippen LogP contribution in [0.2, 0.25) is 0 Å². The van der Waals surface area contributed by atoms with Crippen molar-refractivity contribution in [3.8, 4) is 0 Å². The zero-order chi connectivity index (χ0) is 18.7. The Hall–Kier alpha value is 0.0500. The molecule has 0 saturated heterocycles. The van der Waals surface area contributed by atoms with E-state index in [1.807, 2.05) is 10.9 Å². The van der Waals surface area contributed by atoms with E-state index >= 15 is 0 Å². The molecule has 27 heavy (non-hydrogen) atoms. The number of nitrogens with zero attached hydrogens (tertiary/aromatic N) is 3. The van der Waals surface area contributed by atoms with Gasteiger partial charge in [-0.15, -0.1) is 31.3 Å². The van der Waals surface area contributed by atoms with Gasteiger partial charge in [0.15, 0.2) is 0 Å². The van der Waals surface area contributed by atoms with Gasteiger partial charge in [-0.3, -0.25) is 4.68 Å². The fourth-order valence-electron chi connectivity index (χ4n) is 3.61. The standard InChI is InChI=1S/C22H44N3P.BrH/c1-2-3-4-5-6-7-8-9-10-11-12-13-14-15-17-22(26)18-16-20-25-21-19-23-24-25;/h19,21-22H,2-18,20,26H2,1H3;1H. The summed E-state index contributed by atoms with van der Waals surface area (Å²) in [6.07, 6.45) is 27.8. The minimum Gasteiger partial charge on any atom is -0.253 e. The van der Waals surface area contributed by atoms with E-state index in [1.54, 1.807) is 6.20 Å². The summed E-state index contributed by atoms with van der Waals surface area (Å²) in [5.74, 6) is 0. The van der Waals surface area contributed by atoms with Crippen molar-refractivity contribution in [1.29, 1.82) is 0 Å². The molecule has 0 bridgehead atoms. The van der Waals surface area contributed by atoms with E-state index in [1.165, 1.54) is 109 Å². The van der Waals surface area contributed by atoms with Crippen molar-refractivity contribution in [3.63, 3.8) is 0 Å². The minimum atomic E-state index is 0. The molecule has 5 heteroatoms. The minimum absolute atomic E-state index is 0. The lowest BCUT2D eigenvalue weighted by atomic mass is 10.0. The molecule has 2 unspecified atom stereocenters. The quantitative estimate of drug-likeness (QED) is 0.155. The zero-order valence-electron chi connectivity index (χ0n) is 17.8. The van der Waals surface area contributed by atoms with Crippen LogP contribution in [0.5, 0.6) is 0 Å². The number of halogens is 1. The van der Waals surface area contributed by atoms with Gasteiger partial charge in [0.1, 0.15) is 0 Å². The highest BCUT2D eigenvalue weighted by Gasteiger charge is 2.03. The predicted molar refractivity (Wildman–Crippen MR) is 128 cm³/mol. The van der Waals surface area contributed by atoms with E-state index in [9.17, 15) is 0 Å². The smallest absolute Gasteiger partial charge is 0.0692 e. The van der Waals surface area contributed by atoms with E-state index in [0.717, 1.165) is 12.2 Å². The van der Waals surface area contributed by atoms with Crippen molar-refractivity contribution in [2.75, 3.05) is 0 Å². The van der Waals surface area contributed by atoms with E-state index in [2.05, 4.69) is 26.5 Å². The molecule has 1 heterocycles. The number of rotatable bonds is 19. The van der Waals surface area contributed by atoms with Crippen LogP contribution in [0.3, 0.4) is 0 Å². The highest BCUT2D eigenvalue weighted by molar-refractivity contribution is 8.93. The van der Waals surface area contributed by atoms with Gasteiger partial charge < -0.3 is 0 Å². The summed E-state index contributed by atoms with van der Waals surface area (Å²) in [5.41, 5.74) is 0.774. The topological polar surface area (TPSA) is 30.7 Å². The fraction of sp³-hybridized carbons (Fsp3) is 0.909. The van der Waals surface area contributed by atoms with Gasteiger partial charge in [0.05, 0.1) is 6.20 Å². The second-order valence-corrected chi connectivity index (χ2v) is 8.90. The highest BCUT2D eigenvalue weighted by atomic mass is 79.9. The third-order valence-corrected chi connectivity index (χ3v) is 6.03. The third-order valence-electron chi connectivity index (χ3n) is 5.36. The van der Waals surface area contributed by atoms with Crippen LogP contribution in [-0.2, 0) is 6.54 Å². The Bertz CT molecular complexity index is 387. The van der Waals surface area contributed by atoms with Crippen LogP contribution in [0.25, 0.3) is 0 Å². The van der Waals surface area contributed by atoms with E-state index in [-0.39, 0.29) is 17.0 Å². The molecule has 0 N–H and O–H groups in total. The Labute approximate surface area is 181 Å². The van der Waals surface area contributed by atoms with Crippen molar-refractivity contribution < 1.29 is 0 Å². The molecular formula is C22H45BrN3P. The molecule has 2 atom stereocenters. The monoisotopic (exact) mass is 461 g/mol. The van der Waals surface area contributed by atoms with E-state index < -0.39 is 0 Å². The van der Waals surface area contributed by atoms with Gasteiger partial charge in [-0.25, -0.2) is 0 Å². The average molecular weight is 463 g/mol. The van der Waals surface area contributed by atoms with Crippen LogP contribution in [0.15, 0.2) is 12.4 Å². The third kappa shape index (κ3) is 17.9. The van der Waals surface area contributed by atoms with Gasteiger partial charge in [-0.05, 0) is 24.9 Å². The normalized spacial score (nSPS) is 12.1. The molecule has 1 aromatic heterocycles. The van der Waals surface area contributed by atoms with Crippen LogP contribution in [0.4, 0.5) is 0 Å². The molecule has 0 spiro atoms. The first-order valence-electron chi connectivity index (χ1n) is 11.4. The summed E-state index contributed by atoms with van der Waals surface area (Å²) in [4.78, 5) is 0. The number of aryl methyl sites for hydroxylation is 1. The van der Waals surface area contributed by atoms with Gasteiger partial charge in [0, 0.05) is 12.7 Å². The molecule has 0 radical (unpaired) electrons. The molecule has 0 amide bonds. The lowest BCUT2D eigenvalue weighted by Gasteiger charge is -2.10. The van der Waals surface area contributed by atoms with Crippen molar-refractivity contribution in [3.05, 3.63) is 12.4 Å². The van der Waals surface area contributed by atoms with E-state index in [0.29, 0.717) is 0 Å². The summed E-state index contributed by atoms with van der Waals surface area (Å²) in [6, 6.07) is 0. The summed E-state index contributed by atoms with van der Waals surface area (Å²) < 4.78 is 1.93. The Morgan fingerprint density at radius 3 is 1.70 bits per heavy atom. The summed E-state index contributed by atoms with van der Waals surface area (Å²) in [5, 5.41) is 7.86. The largest absolute Gasteiger partial charge is 0.253 e. The summed E-state index contributed by atoms with van der Waals surface area (Å²) in [6.45, 7) is 3.30. The second kappa shape index (κ2) is 20.8. The fourth-order valence-corrected chi connectivity index (χ4v) is 4.08. The number of unbranched alkanes of at least 4 members (excludes halogenated alkanes) is 13. The first-order valence-corrected chi connectivity index (χ1v) is 12.1. The molecule has 0 aliphatic heterocycles. The average Bonchev–Trinajstić information content (AvgIpc) is 3.15. The summed E-state index contributed by atoms with van der Waals surface area (Å²) in [7, 11) is 3.04. The lowest BCUT2D eigenvalue weighted by molar-refractivity contribution is 0.508. The van der Waals surface area contributed by atoms with Gasteiger partial charge in [-0.2, -0.15) is 0 Å². The van der Waals surface area contributed by atoms with Crippen LogP contribution in [-0.4, -0.2) is 20.7 Å². The maximum Gasteiger partial charge on any atom is 0.0692 e. The lowest BCUT2D eigenvalue weighted by Crippen LogP contribution is -2.03. The summed E-state index contributed by atoms with van der Waals surface area (Å²) >= 11 is 0. The first-order chi connectivity index (χ1) is 12.8. The Morgan fingerprint density at radius 2 is 1.22 bits per heavy atom. The Balaban J connectivity index is 0.00000676. The molecule has 3 nitrogen and oxygen atoms in total. The number of hydrogen-bond donors (Lipinski definition) is 0. The van der Waals surface area contributed by atoms with E-state index in [4.69, 9.17) is 0 Å². The van der Waals surface area contributed by atoms with Gasteiger partial charge in [0.2, 0.25) is 0 Å². The van der Waals surface area contributed by atoms with Crippen LogP contribution in [0.1, 0.15) is 116 Å². The van der Waals surface area contributed by atoms with Gasteiger partial charge in [-0.1, -0.05) is 102 Å². The molecule has 0 aliphatic carbocycles. The van der Waals surface area contributed by atoms with Gasteiger partial charge >= 0.3 is 0 Å². The van der Waals surface area contributed by atoms with Crippen molar-refractivity contribution in [2.24, 2.45) is 0 Å². The Morgan fingerprint density at radius 1 is 0.741 bits per heavy atom. The molecule has 0 fully saturated rings. The number of hydrogen-bond acceptors (Lipinski definition) is 2. The molecule has 0 aliphatic rings. The number of aromatic nitrogens is 3. The Kier molecular flexibility index (Phi) is 20.8. The van der Waals surface area contributed by atoms with Crippen molar-refractivity contribution in [1.82, 2.24) is 15.0 Å². The van der Waals surface area contributed by atoms with Crippen molar-refractivity contribution in [2.45, 2.75) is 128 Å². The molecular weight excluding hydrogens is 417 g/mol. The van der Waals surface area contributed by atoms with Crippen LogP contribution in [0, 0.1) is 0 Å². The zero-order valence-corrected chi connectivity index (χ0v) is 20.7.